The highest BCUT2D eigenvalue weighted by Gasteiger charge is 2.35. The molecule has 0 radical (unpaired) electrons. The molecular formula is C10H8Cl2FN3O4S. The van der Waals surface area contributed by atoms with Crippen molar-refractivity contribution in [3.05, 3.63) is 15.9 Å². The van der Waals surface area contributed by atoms with Crippen LogP contribution in [0, 0.1) is 5.92 Å². The van der Waals surface area contributed by atoms with Gasteiger partial charge >= 0.3 is 10.2 Å². The van der Waals surface area contributed by atoms with Crippen LogP contribution in [0.15, 0.2) is 0 Å². The Hall–Kier alpha value is -1.32. The quantitative estimate of drug-likeness (QED) is 0.458. The maximum absolute atomic E-state index is 12.7. The zero-order chi connectivity index (χ0) is 15.8. The molecule has 1 aromatic rings. The molecule has 1 aromatic heterocycles. The largest absolute Gasteiger partial charge is 0.302 e. The highest BCUT2D eigenvalue weighted by atomic mass is 35.5. The van der Waals surface area contributed by atoms with Gasteiger partial charge in [-0.25, -0.2) is 0 Å². The van der Waals surface area contributed by atoms with Crippen LogP contribution < -0.4 is 4.90 Å². The molecule has 0 saturated carbocycles. The summed E-state index contributed by atoms with van der Waals surface area (Å²) in [5, 5.41) is -0.455. The number of hydrogen-bond acceptors (Lipinski definition) is 6. The van der Waals surface area contributed by atoms with Crippen molar-refractivity contribution >= 4 is 51.6 Å². The fraction of sp³-hybridized carbons (Fsp3) is 0.400. The average molecular weight is 356 g/mol. The molecule has 1 atom stereocenters. The predicted molar refractivity (Wildman–Crippen MR) is 72.8 cm³/mol. The van der Waals surface area contributed by atoms with E-state index in [1.54, 1.807) is 0 Å². The number of aromatic nitrogens is 2. The van der Waals surface area contributed by atoms with E-state index in [0.717, 1.165) is 4.90 Å². The molecule has 0 aromatic carbocycles. The number of halogens is 3. The zero-order valence-electron chi connectivity index (χ0n) is 10.3. The Morgan fingerprint density at radius 3 is 2.38 bits per heavy atom. The van der Waals surface area contributed by atoms with E-state index in [1.165, 1.54) is 0 Å². The molecule has 0 bridgehead atoms. The summed E-state index contributed by atoms with van der Waals surface area (Å²) in [6.45, 7) is -0.0743. The van der Waals surface area contributed by atoms with E-state index in [4.69, 9.17) is 23.2 Å². The predicted octanol–water partition coefficient (Wildman–Crippen LogP) is 1.25. The third-order valence-electron chi connectivity index (χ3n) is 2.84. The second-order valence-electron chi connectivity index (χ2n) is 4.42. The lowest BCUT2D eigenvalue weighted by Crippen LogP contribution is -2.27. The average Bonchev–Trinajstić information content (AvgIpc) is 2.67. The van der Waals surface area contributed by atoms with Crippen molar-refractivity contribution in [2.75, 3.05) is 17.2 Å². The van der Waals surface area contributed by atoms with Gasteiger partial charge in [0.1, 0.15) is 10.3 Å². The maximum atomic E-state index is 12.7. The monoisotopic (exact) mass is 355 g/mol. The van der Waals surface area contributed by atoms with Crippen LogP contribution >= 0.6 is 23.2 Å². The number of carbonyl (C=O) groups is 2. The first-order valence-corrected chi connectivity index (χ1v) is 7.93. The Bertz CT molecular complexity index is 689. The van der Waals surface area contributed by atoms with E-state index in [9.17, 15) is 21.9 Å². The van der Waals surface area contributed by atoms with E-state index < -0.39 is 27.8 Å². The van der Waals surface area contributed by atoms with Crippen LogP contribution in [0.2, 0.25) is 10.3 Å². The minimum atomic E-state index is -4.68. The lowest BCUT2D eigenvalue weighted by molar-refractivity contribution is -0.117. The highest BCUT2D eigenvalue weighted by Crippen LogP contribution is 2.28. The molecule has 1 saturated heterocycles. The highest BCUT2D eigenvalue weighted by molar-refractivity contribution is 7.86. The van der Waals surface area contributed by atoms with Gasteiger partial charge < -0.3 is 0 Å². The molecular weight excluding hydrogens is 348 g/mol. The summed E-state index contributed by atoms with van der Waals surface area (Å²) in [5.41, 5.74) is -0.114. The fourth-order valence-electron chi connectivity index (χ4n) is 1.99. The molecule has 1 amide bonds. The Labute approximate surface area is 129 Å². The standard InChI is InChI=1S/C10H8Cl2FN3O4S/c11-8-6(3-17)9(12)15-10(14-8)16-2-5(1-7(16)18)4-21(13,19)20/h3,5H,1-2,4H2. The van der Waals surface area contributed by atoms with E-state index >= 15 is 0 Å². The first kappa shape index (κ1) is 16.1. The number of anilines is 1. The molecule has 1 aliphatic heterocycles. The topological polar surface area (TPSA) is 97.3 Å². The number of nitrogens with zero attached hydrogens (tertiary/aromatic N) is 3. The number of carbonyl (C=O) groups excluding carboxylic acids is 2. The molecule has 2 heterocycles. The lowest BCUT2D eigenvalue weighted by Gasteiger charge is -2.15. The van der Waals surface area contributed by atoms with E-state index in [1.807, 2.05) is 0 Å². The first-order chi connectivity index (χ1) is 9.71. The van der Waals surface area contributed by atoms with E-state index in [0.29, 0.717) is 6.29 Å². The summed E-state index contributed by atoms with van der Waals surface area (Å²) < 4.78 is 33.9. The number of aldehydes is 1. The van der Waals surface area contributed by atoms with Crippen LogP contribution in [0.25, 0.3) is 0 Å². The normalized spacial score (nSPS) is 19.1. The van der Waals surface area contributed by atoms with Crippen molar-refractivity contribution in [3.63, 3.8) is 0 Å². The van der Waals surface area contributed by atoms with Crippen molar-refractivity contribution in [2.24, 2.45) is 5.92 Å². The molecule has 114 valence electrons. The number of amides is 1. The van der Waals surface area contributed by atoms with Gasteiger partial charge in [0.25, 0.3) is 0 Å². The van der Waals surface area contributed by atoms with Crippen LogP contribution in [0.4, 0.5) is 9.83 Å². The third-order valence-corrected chi connectivity index (χ3v) is 4.29. The Morgan fingerprint density at radius 2 is 1.90 bits per heavy atom. The van der Waals surface area contributed by atoms with Crippen molar-refractivity contribution in [1.82, 2.24) is 9.97 Å². The van der Waals surface area contributed by atoms with Crippen LogP contribution in [-0.4, -0.2) is 42.9 Å². The van der Waals surface area contributed by atoms with Gasteiger partial charge in [-0.3, -0.25) is 14.5 Å². The molecule has 21 heavy (non-hydrogen) atoms. The molecule has 7 nitrogen and oxygen atoms in total. The van der Waals surface area contributed by atoms with Crippen LogP contribution in [0.1, 0.15) is 16.8 Å². The second kappa shape index (κ2) is 5.82. The molecule has 11 heteroatoms. The molecule has 0 N–H and O–H groups in total. The molecule has 2 rings (SSSR count). The maximum Gasteiger partial charge on any atom is 0.302 e. The van der Waals surface area contributed by atoms with Gasteiger partial charge in [0.2, 0.25) is 11.9 Å². The van der Waals surface area contributed by atoms with E-state index in [2.05, 4.69) is 9.97 Å². The first-order valence-electron chi connectivity index (χ1n) is 5.62. The summed E-state index contributed by atoms with van der Waals surface area (Å²) in [7, 11) is -4.68. The van der Waals surface area contributed by atoms with Crippen molar-refractivity contribution in [2.45, 2.75) is 6.42 Å². The summed E-state index contributed by atoms with van der Waals surface area (Å²) in [5.74, 6) is -2.10. The van der Waals surface area contributed by atoms with Gasteiger partial charge in [-0.05, 0) is 0 Å². The minimum absolute atomic E-state index is 0.0743. The van der Waals surface area contributed by atoms with Gasteiger partial charge in [0.05, 0.1) is 11.3 Å². The fourth-order valence-corrected chi connectivity index (χ4v) is 3.25. The lowest BCUT2D eigenvalue weighted by atomic mass is 10.1. The molecule has 0 aliphatic carbocycles. The van der Waals surface area contributed by atoms with Crippen LogP contribution in [-0.2, 0) is 15.0 Å². The van der Waals surface area contributed by atoms with Gasteiger partial charge in [-0.15, -0.1) is 3.89 Å². The Kier molecular flexibility index (Phi) is 4.45. The Morgan fingerprint density at radius 1 is 1.33 bits per heavy atom. The van der Waals surface area contributed by atoms with E-state index in [-0.39, 0.29) is 34.8 Å². The number of rotatable bonds is 4. The molecule has 1 aliphatic rings. The van der Waals surface area contributed by atoms with Crippen molar-refractivity contribution in [3.8, 4) is 0 Å². The summed E-state index contributed by atoms with van der Waals surface area (Å²) >= 11 is 11.5. The molecule has 1 unspecified atom stereocenters. The van der Waals surface area contributed by atoms with Crippen LogP contribution in [0.3, 0.4) is 0 Å². The third kappa shape index (κ3) is 3.66. The summed E-state index contributed by atoms with van der Waals surface area (Å²) in [6, 6.07) is 0. The second-order valence-corrected chi connectivity index (χ2v) is 6.54. The van der Waals surface area contributed by atoms with Crippen molar-refractivity contribution in [1.29, 1.82) is 0 Å². The van der Waals surface area contributed by atoms with Gasteiger partial charge in [-0.1, -0.05) is 23.2 Å². The number of hydrogen-bond donors (Lipinski definition) is 0. The zero-order valence-corrected chi connectivity index (χ0v) is 12.6. The Balaban J connectivity index is 2.27. The van der Waals surface area contributed by atoms with Crippen molar-refractivity contribution < 1.29 is 21.9 Å². The smallest absolute Gasteiger partial charge is 0.298 e. The van der Waals surface area contributed by atoms with Gasteiger partial charge in [0.15, 0.2) is 6.29 Å². The summed E-state index contributed by atoms with van der Waals surface area (Å²) in [6.07, 6.45) is 0.218. The SMILES string of the molecule is O=Cc1c(Cl)nc(N2CC(CS(=O)(=O)F)CC2=O)nc1Cl. The minimum Gasteiger partial charge on any atom is -0.298 e. The summed E-state index contributed by atoms with van der Waals surface area (Å²) in [4.78, 5) is 31.1. The van der Waals surface area contributed by atoms with Crippen LogP contribution in [0.5, 0.6) is 0 Å². The molecule has 1 fully saturated rings. The molecule has 0 spiro atoms. The van der Waals surface area contributed by atoms with Gasteiger partial charge in [-0.2, -0.15) is 18.4 Å². The van der Waals surface area contributed by atoms with Gasteiger partial charge in [0, 0.05) is 18.9 Å².